The topological polar surface area (TPSA) is 56.5 Å². The molecule has 0 unspecified atom stereocenters. The molecule has 3 aromatic rings. The van der Waals surface area contributed by atoms with Crippen LogP contribution in [0.25, 0.3) is 10.9 Å². The van der Waals surface area contributed by atoms with Gasteiger partial charge in [0.1, 0.15) is 18.2 Å². The fourth-order valence-electron chi connectivity index (χ4n) is 2.77. The molecule has 0 bridgehead atoms. The van der Waals surface area contributed by atoms with Gasteiger partial charge in [0.15, 0.2) is 0 Å². The van der Waals surface area contributed by atoms with Gasteiger partial charge in [0, 0.05) is 16.0 Å². The minimum atomic E-state index is -0.192. The van der Waals surface area contributed by atoms with Crippen LogP contribution >= 0.6 is 15.9 Å². The summed E-state index contributed by atoms with van der Waals surface area (Å²) >= 11 is 3.42. The van der Waals surface area contributed by atoms with E-state index < -0.39 is 0 Å². The molecule has 2 aromatic carbocycles. The number of fused-ring (bicyclic) bond motifs is 1. The van der Waals surface area contributed by atoms with Crippen LogP contribution in [0, 0.1) is 0 Å². The number of hydrogen-bond donors (Lipinski definition) is 0. The van der Waals surface area contributed by atoms with Crippen molar-refractivity contribution in [1.82, 2.24) is 9.66 Å². The Labute approximate surface area is 172 Å². The maximum absolute atomic E-state index is 13.1. The van der Waals surface area contributed by atoms with E-state index in [1.54, 1.807) is 18.4 Å². The minimum absolute atomic E-state index is 0.0881. The van der Waals surface area contributed by atoms with Crippen LogP contribution in [0.2, 0.25) is 0 Å². The van der Waals surface area contributed by atoms with Crippen molar-refractivity contribution < 1.29 is 4.74 Å². The highest BCUT2D eigenvalue weighted by atomic mass is 79.9. The Hall–Kier alpha value is -2.73. The van der Waals surface area contributed by atoms with Crippen molar-refractivity contribution in [2.45, 2.75) is 26.2 Å². The lowest BCUT2D eigenvalue weighted by Crippen LogP contribution is -2.23. The predicted octanol–water partition coefficient (Wildman–Crippen LogP) is 5.12. The Morgan fingerprint density at radius 1 is 1.32 bits per heavy atom. The number of nitrogens with zero attached hydrogens (tertiary/aromatic N) is 3. The standard InChI is InChI=1S/C22H22BrN3O2/c1-4-12-28-20-9-7-6-8-16(20)14-24-26-21(15(3)5-2)25-19-11-10-17(23)13-18(19)22(26)27/h4,6-11,13-15H,1,5,12H2,2-3H3/t15-/m1/s1. The molecule has 1 aromatic heterocycles. The Morgan fingerprint density at radius 2 is 2.11 bits per heavy atom. The summed E-state index contributed by atoms with van der Waals surface area (Å²) in [6, 6.07) is 13.0. The smallest absolute Gasteiger partial charge is 0.282 e. The zero-order valence-corrected chi connectivity index (χ0v) is 17.5. The molecule has 0 aliphatic heterocycles. The molecule has 0 amide bonds. The molecular weight excluding hydrogens is 418 g/mol. The molecule has 5 nitrogen and oxygen atoms in total. The Balaban J connectivity index is 2.14. The maximum Gasteiger partial charge on any atom is 0.282 e. The number of hydrogen-bond acceptors (Lipinski definition) is 4. The van der Waals surface area contributed by atoms with Gasteiger partial charge in [0.25, 0.3) is 5.56 Å². The average molecular weight is 440 g/mol. The van der Waals surface area contributed by atoms with E-state index in [0.717, 1.165) is 16.5 Å². The van der Waals surface area contributed by atoms with Crippen LogP contribution in [-0.4, -0.2) is 22.5 Å². The SMILES string of the molecule is C=CCOc1ccccc1C=Nn1c([C@H](C)CC)nc2ccc(Br)cc2c1=O. The van der Waals surface area contributed by atoms with E-state index in [4.69, 9.17) is 9.72 Å². The zero-order chi connectivity index (χ0) is 20.1. The zero-order valence-electron chi connectivity index (χ0n) is 15.9. The largest absolute Gasteiger partial charge is 0.489 e. The molecule has 1 heterocycles. The molecular formula is C22H22BrN3O2. The van der Waals surface area contributed by atoms with Gasteiger partial charge < -0.3 is 4.74 Å². The monoisotopic (exact) mass is 439 g/mol. The van der Waals surface area contributed by atoms with Gasteiger partial charge >= 0.3 is 0 Å². The molecule has 144 valence electrons. The first-order valence-electron chi connectivity index (χ1n) is 9.14. The summed E-state index contributed by atoms with van der Waals surface area (Å²) in [5.41, 5.74) is 1.26. The molecule has 0 aliphatic rings. The second-order valence-electron chi connectivity index (χ2n) is 6.44. The van der Waals surface area contributed by atoms with Gasteiger partial charge in [-0.1, -0.05) is 54.6 Å². The second kappa shape index (κ2) is 8.97. The molecule has 6 heteroatoms. The van der Waals surface area contributed by atoms with Crippen molar-refractivity contribution in [3.63, 3.8) is 0 Å². The lowest BCUT2D eigenvalue weighted by atomic mass is 10.1. The molecule has 0 aliphatic carbocycles. The van der Waals surface area contributed by atoms with Gasteiger partial charge in [-0.15, -0.1) is 0 Å². The third-order valence-electron chi connectivity index (χ3n) is 4.47. The lowest BCUT2D eigenvalue weighted by molar-refractivity contribution is 0.362. The molecule has 1 atom stereocenters. The Kier molecular flexibility index (Phi) is 6.41. The normalized spacial score (nSPS) is 12.4. The van der Waals surface area contributed by atoms with Crippen molar-refractivity contribution in [2.75, 3.05) is 6.61 Å². The van der Waals surface area contributed by atoms with E-state index in [0.29, 0.717) is 29.1 Å². The van der Waals surface area contributed by atoms with Crippen LogP contribution in [-0.2, 0) is 0 Å². The first-order chi connectivity index (χ1) is 13.5. The molecule has 0 N–H and O–H groups in total. The van der Waals surface area contributed by atoms with Crippen molar-refractivity contribution in [1.29, 1.82) is 0 Å². The van der Waals surface area contributed by atoms with Crippen LogP contribution in [0.1, 0.15) is 37.6 Å². The number of ether oxygens (including phenoxy) is 1. The number of benzene rings is 2. The van der Waals surface area contributed by atoms with Crippen molar-refractivity contribution in [3.05, 3.63) is 81.3 Å². The van der Waals surface area contributed by atoms with E-state index in [1.807, 2.05) is 43.3 Å². The summed E-state index contributed by atoms with van der Waals surface area (Å²) in [6.45, 7) is 8.17. The van der Waals surface area contributed by atoms with Crippen molar-refractivity contribution in [3.8, 4) is 5.75 Å². The fourth-order valence-corrected chi connectivity index (χ4v) is 3.13. The summed E-state index contributed by atoms with van der Waals surface area (Å²) in [5.74, 6) is 1.41. The quantitative estimate of drug-likeness (QED) is 0.379. The molecule has 28 heavy (non-hydrogen) atoms. The third-order valence-corrected chi connectivity index (χ3v) is 4.97. The predicted molar refractivity (Wildman–Crippen MR) is 118 cm³/mol. The molecule has 0 saturated heterocycles. The van der Waals surface area contributed by atoms with E-state index in [-0.39, 0.29) is 11.5 Å². The van der Waals surface area contributed by atoms with Gasteiger partial charge in [-0.3, -0.25) is 4.79 Å². The number of para-hydroxylation sites is 1. The summed E-state index contributed by atoms with van der Waals surface area (Å²) in [5, 5.41) is 5.01. The van der Waals surface area contributed by atoms with Gasteiger partial charge in [-0.2, -0.15) is 9.78 Å². The summed E-state index contributed by atoms with van der Waals surface area (Å²) in [7, 11) is 0. The highest BCUT2D eigenvalue weighted by Gasteiger charge is 2.15. The molecule has 0 saturated carbocycles. The van der Waals surface area contributed by atoms with E-state index in [1.165, 1.54) is 4.68 Å². The Morgan fingerprint density at radius 3 is 2.86 bits per heavy atom. The van der Waals surface area contributed by atoms with Gasteiger partial charge in [-0.05, 0) is 36.8 Å². The molecule has 0 spiro atoms. The average Bonchev–Trinajstić information content (AvgIpc) is 2.71. The number of aromatic nitrogens is 2. The third kappa shape index (κ3) is 4.22. The first-order valence-corrected chi connectivity index (χ1v) is 9.93. The first kappa shape index (κ1) is 20.0. The van der Waals surface area contributed by atoms with Crippen LogP contribution in [0.15, 0.2) is 69.5 Å². The minimum Gasteiger partial charge on any atom is -0.489 e. The molecule has 0 radical (unpaired) electrons. The highest BCUT2D eigenvalue weighted by Crippen LogP contribution is 2.21. The van der Waals surface area contributed by atoms with Crippen LogP contribution in [0.4, 0.5) is 0 Å². The molecule has 0 fully saturated rings. The summed E-state index contributed by atoms with van der Waals surface area (Å²) in [4.78, 5) is 17.9. The van der Waals surface area contributed by atoms with Crippen molar-refractivity contribution >= 4 is 33.0 Å². The molecule has 3 rings (SSSR count). The fraction of sp³-hybridized carbons (Fsp3) is 0.227. The maximum atomic E-state index is 13.1. The second-order valence-corrected chi connectivity index (χ2v) is 7.36. The van der Waals surface area contributed by atoms with Gasteiger partial charge in [0.2, 0.25) is 0 Å². The van der Waals surface area contributed by atoms with Crippen LogP contribution < -0.4 is 10.3 Å². The van der Waals surface area contributed by atoms with Crippen molar-refractivity contribution in [2.24, 2.45) is 5.10 Å². The number of halogens is 1. The highest BCUT2D eigenvalue weighted by molar-refractivity contribution is 9.10. The van der Waals surface area contributed by atoms with E-state index >= 15 is 0 Å². The Bertz CT molecular complexity index is 1090. The summed E-state index contributed by atoms with van der Waals surface area (Å²) < 4.78 is 7.90. The van der Waals surface area contributed by atoms with E-state index in [2.05, 4.69) is 34.5 Å². The van der Waals surface area contributed by atoms with Crippen LogP contribution in [0.3, 0.4) is 0 Å². The van der Waals surface area contributed by atoms with Gasteiger partial charge in [-0.25, -0.2) is 4.98 Å². The van der Waals surface area contributed by atoms with Gasteiger partial charge in [0.05, 0.1) is 17.1 Å². The summed E-state index contributed by atoms with van der Waals surface area (Å²) in [6.07, 6.45) is 4.17. The van der Waals surface area contributed by atoms with E-state index in [9.17, 15) is 4.79 Å². The lowest BCUT2D eigenvalue weighted by Gasteiger charge is -2.14. The van der Waals surface area contributed by atoms with Crippen LogP contribution in [0.5, 0.6) is 5.75 Å². The number of rotatable bonds is 7.